The van der Waals surface area contributed by atoms with E-state index in [0.717, 1.165) is 128 Å². The summed E-state index contributed by atoms with van der Waals surface area (Å²) in [7, 11) is 0. The second kappa shape index (κ2) is 64.6. The monoisotopic (exact) mass is 1070 g/mol. The van der Waals surface area contributed by atoms with E-state index in [1.165, 1.54) is 135 Å². The maximum absolute atomic E-state index is 12.9. The summed E-state index contributed by atoms with van der Waals surface area (Å²) < 4.78 is 16.9. The van der Waals surface area contributed by atoms with Crippen LogP contribution in [0.5, 0.6) is 0 Å². The first-order chi connectivity index (χ1) is 38.0. The summed E-state index contributed by atoms with van der Waals surface area (Å²) in [5.74, 6) is -0.903. The molecule has 0 heterocycles. The third kappa shape index (κ3) is 62.8. The van der Waals surface area contributed by atoms with Crippen LogP contribution in [0.4, 0.5) is 0 Å². The molecule has 0 radical (unpaired) electrons. The van der Waals surface area contributed by atoms with Gasteiger partial charge in [0.15, 0.2) is 6.10 Å². The Morgan fingerprint density at radius 1 is 0.273 bits per heavy atom. The van der Waals surface area contributed by atoms with Crippen molar-refractivity contribution in [2.45, 2.75) is 309 Å². The van der Waals surface area contributed by atoms with Gasteiger partial charge in [-0.25, -0.2) is 0 Å². The van der Waals surface area contributed by atoms with Gasteiger partial charge in [-0.05, 0) is 122 Å². The van der Waals surface area contributed by atoms with Gasteiger partial charge in [-0.2, -0.15) is 0 Å². The zero-order chi connectivity index (χ0) is 55.7. The van der Waals surface area contributed by atoms with Gasteiger partial charge in [0, 0.05) is 19.3 Å². The summed E-state index contributed by atoms with van der Waals surface area (Å²) in [4.78, 5) is 38.2. The van der Waals surface area contributed by atoms with Gasteiger partial charge in [0.2, 0.25) is 0 Å². The number of carbonyl (C=O) groups excluding carboxylic acids is 3. The second-order valence-electron chi connectivity index (χ2n) is 21.3. The zero-order valence-electron chi connectivity index (χ0n) is 50.4. The molecule has 0 aliphatic heterocycles. The van der Waals surface area contributed by atoms with Gasteiger partial charge in [-0.15, -0.1) is 0 Å². The van der Waals surface area contributed by atoms with Crippen molar-refractivity contribution in [1.29, 1.82) is 0 Å². The van der Waals surface area contributed by atoms with E-state index < -0.39 is 6.10 Å². The summed E-state index contributed by atoms with van der Waals surface area (Å²) in [5, 5.41) is 0. The Bertz CT molecular complexity index is 1560. The first-order valence-corrected chi connectivity index (χ1v) is 32.4. The first-order valence-electron chi connectivity index (χ1n) is 32.4. The molecule has 1 atom stereocenters. The number of carbonyl (C=O) groups is 3. The molecule has 77 heavy (non-hydrogen) atoms. The van der Waals surface area contributed by atoms with Gasteiger partial charge < -0.3 is 14.2 Å². The lowest BCUT2D eigenvalue weighted by Gasteiger charge is -2.18. The second-order valence-corrected chi connectivity index (χ2v) is 21.3. The highest BCUT2D eigenvalue weighted by Gasteiger charge is 2.19. The van der Waals surface area contributed by atoms with Crippen LogP contribution in [-0.2, 0) is 28.6 Å². The molecule has 1 unspecified atom stereocenters. The number of rotatable bonds is 58. The van der Waals surface area contributed by atoms with E-state index >= 15 is 0 Å². The SMILES string of the molecule is CC/C=C\C/C=C\C/C=C\C/C=C\C/C=C\C/C=C\CCCCCCCCCCCCCCCCC(=O)OCC(COC(=O)CCCCCCC/C=C\CCCCC)OC(=O)CCCCCCC/C=C\C/C=C\CCCC. The van der Waals surface area contributed by atoms with Crippen LogP contribution in [0.15, 0.2) is 109 Å². The quantitative estimate of drug-likeness (QED) is 0.0261. The zero-order valence-corrected chi connectivity index (χ0v) is 50.4. The predicted molar refractivity (Wildman–Crippen MR) is 334 cm³/mol. The van der Waals surface area contributed by atoms with Crippen molar-refractivity contribution in [2.24, 2.45) is 0 Å². The number of allylic oxidation sites excluding steroid dienone is 18. The van der Waals surface area contributed by atoms with Gasteiger partial charge in [-0.3, -0.25) is 14.4 Å². The summed E-state index contributed by atoms with van der Waals surface area (Å²) in [5.41, 5.74) is 0. The van der Waals surface area contributed by atoms with Gasteiger partial charge >= 0.3 is 17.9 Å². The predicted octanol–water partition coefficient (Wildman–Crippen LogP) is 22.2. The van der Waals surface area contributed by atoms with Gasteiger partial charge in [0.25, 0.3) is 0 Å². The van der Waals surface area contributed by atoms with E-state index in [0.29, 0.717) is 19.3 Å². The fraction of sp³-hybridized carbons (Fsp3) is 0.704. The maximum Gasteiger partial charge on any atom is 0.306 e. The first kappa shape index (κ1) is 73.1. The molecule has 0 rings (SSSR count). The smallest absolute Gasteiger partial charge is 0.306 e. The molecule has 0 aromatic heterocycles. The molecule has 0 amide bonds. The molecule has 0 saturated heterocycles. The fourth-order valence-electron chi connectivity index (χ4n) is 8.87. The van der Waals surface area contributed by atoms with Crippen molar-refractivity contribution in [3.63, 3.8) is 0 Å². The number of unbranched alkanes of at least 4 members (excludes halogenated alkanes) is 29. The van der Waals surface area contributed by atoms with E-state index in [2.05, 4.69) is 130 Å². The highest BCUT2D eigenvalue weighted by Crippen LogP contribution is 2.16. The third-order valence-electron chi connectivity index (χ3n) is 13.7. The molecule has 0 spiro atoms. The Hall–Kier alpha value is -3.93. The molecule has 0 N–H and O–H groups in total. The lowest BCUT2D eigenvalue weighted by atomic mass is 10.0. The molecular weight excluding hydrogens is 949 g/mol. The molecule has 0 aromatic carbocycles. The van der Waals surface area contributed by atoms with Crippen molar-refractivity contribution in [3.8, 4) is 0 Å². The van der Waals surface area contributed by atoms with E-state index in [9.17, 15) is 14.4 Å². The number of esters is 3. The van der Waals surface area contributed by atoms with Crippen molar-refractivity contribution in [2.75, 3.05) is 13.2 Å². The largest absolute Gasteiger partial charge is 0.462 e. The fourth-order valence-corrected chi connectivity index (χ4v) is 8.87. The standard InChI is InChI=1S/C71H120O6/c1-4-7-10-13-16-19-22-25-27-28-29-30-31-32-33-34-35-36-37-38-39-40-41-42-43-44-45-47-49-52-55-58-61-64-70(73)76-67-68(66-75-69(72)63-60-57-54-51-48-24-21-18-15-12-9-6-3)77-71(74)65-62-59-56-53-50-46-26-23-20-17-14-11-8-5-2/h7,10,14,16-19,21,23,25-27,29-30,32-33,35-36,68H,4-6,8-9,11-13,15,20,22,24,28,31,34,37-67H2,1-3H3/b10-7-,17-14-,19-16-,21-18-,26-23-,27-25-,30-29-,33-32-,36-35-. The van der Waals surface area contributed by atoms with Gasteiger partial charge in [0.1, 0.15) is 13.2 Å². The molecule has 6 heteroatoms. The van der Waals surface area contributed by atoms with Crippen molar-refractivity contribution < 1.29 is 28.6 Å². The average molecular weight is 1070 g/mol. The van der Waals surface area contributed by atoms with Crippen LogP contribution < -0.4 is 0 Å². The Kier molecular flexibility index (Phi) is 61.3. The van der Waals surface area contributed by atoms with Crippen LogP contribution in [0, 0.1) is 0 Å². The summed E-state index contributed by atoms with van der Waals surface area (Å²) in [6, 6.07) is 0. The van der Waals surface area contributed by atoms with Crippen LogP contribution in [0.2, 0.25) is 0 Å². The van der Waals surface area contributed by atoms with Gasteiger partial charge in [0.05, 0.1) is 0 Å². The molecule has 0 fully saturated rings. The molecule has 440 valence electrons. The highest BCUT2D eigenvalue weighted by molar-refractivity contribution is 5.71. The van der Waals surface area contributed by atoms with Crippen LogP contribution in [0.3, 0.4) is 0 Å². The summed E-state index contributed by atoms with van der Waals surface area (Å²) in [6.45, 7) is 6.45. The van der Waals surface area contributed by atoms with Crippen LogP contribution in [-0.4, -0.2) is 37.2 Å². The minimum atomic E-state index is -0.789. The van der Waals surface area contributed by atoms with E-state index in [4.69, 9.17) is 14.2 Å². The molecule has 0 aliphatic rings. The highest BCUT2D eigenvalue weighted by atomic mass is 16.6. The Balaban J connectivity index is 4.17. The molecule has 0 saturated carbocycles. The lowest BCUT2D eigenvalue weighted by Crippen LogP contribution is -2.30. The number of ether oxygens (including phenoxy) is 3. The number of hydrogen-bond acceptors (Lipinski definition) is 6. The normalized spacial score (nSPS) is 12.8. The van der Waals surface area contributed by atoms with Gasteiger partial charge in [-0.1, -0.05) is 271 Å². The average Bonchev–Trinajstić information content (AvgIpc) is 3.43. The molecule has 6 nitrogen and oxygen atoms in total. The third-order valence-corrected chi connectivity index (χ3v) is 13.7. The Labute approximate surface area is 476 Å². The van der Waals surface area contributed by atoms with Crippen molar-refractivity contribution in [1.82, 2.24) is 0 Å². The van der Waals surface area contributed by atoms with Crippen LogP contribution in [0.1, 0.15) is 303 Å². The minimum absolute atomic E-state index is 0.0853. The lowest BCUT2D eigenvalue weighted by molar-refractivity contribution is -0.167. The number of hydrogen-bond donors (Lipinski definition) is 0. The summed E-state index contributed by atoms with van der Waals surface area (Å²) >= 11 is 0. The molecule has 0 bridgehead atoms. The minimum Gasteiger partial charge on any atom is -0.462 e. The molecular formula is C71H120O6. The maximum atomic E-state index is 12.9. The Morgan fingerprint density at radius 3 is 0.844 bits per heavy atom. The Morgan fingerprint density at radius 2 is 0.519 bits per heavy atom. The van der Waals surface area contributed by atoms with Crippen LogP contribution in [0.25, 0.3) is 0 Å². The van der Waals surface area contributed by atoms with Crippen molar-refractivity contribution in [3.05, 3.63) is 109 Å². The van der Waals surface area contributed by atoms with Crippen molar-refractivity contribution >= 4 is 17.9 Å². The van der Waals surface area contributed by atoms with Crippen LogP contribution >= 0.6 is 0 Å². The molecule has 0 aliphatic carbocycles. The van der Waals surface area contributed by atoms with E-state index in [-0.39, 0.29) is 31.1 Å². The summed E-state index contributed by atoms with van der Waals surface area (Å²) in [6.07, 6.45) is 88.2. The molecule has 0 aromatic rings. The topological polar surface area (TPSA) is 78.9 Å². The van der Waals surface area contributed by atoms with E-state index in [1.807, 2.05) is 0 Å². The van der Waals surface area contributed by atoms with E-state index in [1.54, 1.807) is 0 Å².